The van der Waals surface area contributed by atoms with Crippen LogP contribution in [-0.4, -0.2) is 26.3 Å². The van der Waals surface area contributed by atoms with Crippen LogP contribution in [0.3, 0.4) is 0 Å². The molecule has 0 aliphatic heterocycles. The smallest absolute Gasteiger partial charge is 0.302 e. The molecule has 0 radical (unpaired) electrons. The largest absolute Gasteiger partial charge is 0.497 e. The van der Waals surface area contributed by atoms with Crippen molar-refractivity contribution in [1.29, 1.82) is 0 Å². The van der Waals surface area contributed by atoms with Crippen molar-refractivity contribution in [2.45, 2.75) is 20.0 Å². The van der Waals surface area contributed by atoms with Gasteiger partial charge in [-0.3, -0.25) is 4.79 Å². The quantitative estimate of drug-likeness (QED) is 0.539. The second-order valence-electron chi connectivity index (χ2n) is 3.59. The van der Waals surface area contributed by atoms with Crippen molar-refractivity contribution >= 4 is 5.97 Å². The predicted molar refractivity (Wildman–Crippen MR) is 63.9 cm³/mol. The van der Waals surface area contributed by atoms with E-state index in [0.717, 1.165) is 17.7 Å². The Morgan fingerprint density at radius 3 is 2.47 bits per heavy atom. The molecule has 0 aliphatic carbocycles. The number of esters is 1. The van der Waals surface area contributed by atoms with Crippen LogP contribution in [0.2, 0.25) is 0 Å². The molecule has 4 heteroatoms. The SMILES string of the molecule is COc1ccc(COCCCOC(C)=O)cc1. The normalized spacial score (nSPS) is 10.0. The van der Waals surface area contributed by atoms with Crippen LogP contribution in [0.15, 0.2) is 24.3 Å². The summed E-state index contributed by atoms with van der Waals surface area (Å²) in [5.74, 6) is 0.587. The Morgan fingerprint density at radius 1 is 1.18 bits per heavy atom. The van der Waals surface area contributed by atoms with Gasteiger partial charge >= 0.3 is 5.97 Å². The molecule has 0 fully saturated rings. The number of ether oxygens (including phenoxy) is 3. The summed E-state index contributed by atoms with van der Waals surface area (Å²) in [5.41, 5.74) is 1.10. The monoisotopic (exact) mass is 238 g/mol. The zero-order valence-electron chi connectivity index (χ0n) is 10.3. The zero-order chi connectivity index (χ0) is 12.5. The van der Waals surface area contributed by atoms with Crippen LogP contribution in [0.5, 0.6) is 5.75 Å². The van der Waals surface area contributed by atoms with Crippen LogP contribution in [0, 0.1) is 0 Å². The Morgan fingerprint density at radius 2 is 1.88 bits per heavy atom. The fourth-order valence-corrected chi connectivity index (χ4v) is 1.29. The third kappa shape index (κ3) is 5.92. The number of carbonyl (C=O) groups is 1. The van der Waals surface area contributed by atoms with E-state index in [1.165, 1.54) is 6.92 Å². The van der Waals surface area contributed by atoms with Crippen molar-refractivity contribution in [1.82, 2.24) is 0 Å². The molecule has 0 spiro atoms. The van der Waals surface area contributed by atoms with Crippen molar-refractivity contribution in [2.75, 3.05) is 20.3 Å². The van der Waals surface area contributed by atoms with Gasteiger partial charge in [0.1, 0.15) is 5.75 Å². The maximum atomic E-state index is 10.5. The van der Waals surface area contributed by atoms with E-state index >= 15 is 0 Å². The predicted octanol–water partition coefficient (Wildman–Crippen LogP) is 2.17. The minimum Gasteiger partial charge on any atom is -0.497 e. The molecule has 0 bridgehead atoms. The third-order valence-electron chi connectivity index (χ3n) is 2.17. The molecule has 0 saturated heterocycles. The summed E-state index contributed by atoms with van der Waals surface area (Å²) in [7, 11) is 1.64. The van der Waals surface area contributed by atoms with Crippen molar-refractivity contribution in [3.05, 3.63) is 29.8 Å². The lowest BCUT2D eigenvalue weighted by Crippen LogP contribution is -2.04. The maximum absolute atomic E-state index is 10.5. The third-order valence-corrected chi connectivity index (χ3v) is 2.17. The fraction of sp³-hybridized carbons (Fsp3) is 0.462. The highest BCUT2D eigenvalue weighted by atomic mass is 16.5. The molecule has 0 aliphatic rings. The van der Waals surface area contributed by atoms with Gasteiger partial charge in [0.25, 0.3) is 0 Å². The maximum Gasteiger partial charge on any atom is 0.302 e. The van der Waals surface area contributed by atoms with Crippen molar-refractivity contribution in [2.24, 2.45) is 0 Å². The molecule has 0 atom stereocenters. The molecule has 1 rings (SSSR count). The first kappa shape index (κ1) is 13.5. The number of hydrogen-bond donors (Lipinski definition) is 0. The molecule has 4 nitrogen and oxygen atoms in total. The highest BCUT2D eigenvalue weighted by Gasteiger charge is 1.96. The van der Waals surface area contributed by atoms with Gasteiger partial charge in [0.15, 0.2) is 0 Å². The van der Waals surface area contributed by atoms with Crippen molar-refractivity contribution in [3.8, 4) is 5.75 Å². The molecule has 0 heterocycles. The molecular weight excluding hydrogens is 220 g/mol. The zero-order valence-corrected chi connectivity index (χ0v) is 10.3. The Labute approximate surface area is 101 Å². The molecule has 1 aromatic carbocycles. The van der Waals surface area contributed by atoms with E-state index in [0.29, 0.717) is 19.8 Å². The van der Waals surface area contributed by atoms with Crippen LogP contribution in [-0.2, 0) is 20.9 Å². The first-order valence-corrected chi connectivity index (χ1v) is 5.56. The molecule has 0 aromatic heterocycles. The molecule has 1 aromatic rings. The Bertz CT molecular complexity index is 332. The van der Waals surface area contributed by atoms with Gasteiger partial charge < -0.3 is 14.2 Å². The topological polar surface area (TPSA) is 44.8 Å². The molecular formula is C13H18O4. The average molecular weight is 238 g/mol. The van der Waals surface area contributed by atoms with Crippen molar-refractivity contribution < 1.29 is 19.0 Å². The lowest BCUT2D eigenvalue weighted by atomic mass is 10.2. The minimum absolute atomic E-state index is 0.250. The summed E-state index contributed by atoms with van der Waals surface area (Å²) in [4.78, 5) is 10.5. The number of hydrogen-bond acceptors (Lipinski definition) is 4. The van der Waals surface area contributed by atoms with Crippen LogP contribution < -0.4 is 4.74 Å². The van der Waals surface area contributed by atoms with Gasteiger partial charge in [-0.1, -0.05) is 12.1 Å². The second-order valence-corrected chi connectivity index (χ2v) is 3.59. The Balaban J connectivity index is 2.11. The number of rotatable bonds is 7. The molecule has 0 saturated carbocycles. The summed E-state index contributed by atoms with van der Waals surface area (Å²) in [6.07, 6.45) is 0.718. The first-order valence-electron chi connectivity index (χ1n) is 5.56. The van der Waals surface area contributed by atoms with E-state index in [-0.39, 0.29) is 5.97 Å². The number of carbonyl (C=O) groups excluding carboxylic acids is 1. The van der Waals surface area contributed by atoms with E-state index in [1.807, 2.05) is 24.3 Å². The number of benzene rings is 1. The Hall–Kier alpha value is -1.55. The summed E-state index contributed by atoms with van der Waals surface area (Å²) in [6.45, 7) is 2.96. The van der Waals surface area contributed by atoms with Crippen LogP contribution >= 0.6 is 0 Å². The summed E-state index contributed by atoms with van der Waals surface area (Å²) < 4.78 is 15.3. The van der Waals surface area contributed by atoms with Gasteiger partial charge in [-0.2, -0.15) is 0 Å². The van der Waals surface area contributed by atoms with Crippen LogP contribution in [0.1, 0.15) is 18.9 Å². The lowest BCUT2D eigenvalue weighted by Gasteiger charge is -2.05. The van der Waals surface area contributed by atoms with Gasteiger partial charge in [-0.25, -0.2) is 0 Å². The van der Waals surface area contributed by atoms with Crippen LogP contribution in [0.25, 0.3) is 0 Å². The Kier molecular flexibility index (Phi) is 6.10. The molecule has 17 heavy (non-hydrogen) atoms. The van der Waals surface area contributed by atoms with Gasteiger partial charge in [-0.05, 0) is 17.7 Å². The van der Waals surface area contributed by atoms with Crippen molar-refractivity contribution in [3.63, 3.8) is 0 Å². The van der Waals surface area contributed by atoms with Crippen LogP contribution in [0.4, 0.5) is 0 Å². The molecule has 0 amide bonds. The highest BCUT2D eigenvalue weighted by molar-refractivity contribution is 5.65. The number of methoxy groups -OCH3 is 1. The van der Waals surface area contributed by atoms with E-state index in [2.05, 4.69) is 0 Å². The van der Waals surface area contributed by atoms with Gasteiger partial charge in [-0.15, -0.1) is 0 Å². The standard InChI is InChI=1S/C13H18O4/c1-11(14)17-9-3-8-16-10-12-4-6-13(15-2)7-5-12/h4-7H,3,8-10H2,1-2H3. The van der Waals surface area contributed by atoms with Gasteiger partial charge in [0, 0.05) is 13.3 Å². The first-order chi connectivity index (χ1) is 8.22. The lowest BCUT2D eigenvalue weighted by molar-refractivity contribution is -0.141. The van der Waals surface area contributed by atoms with E-state index in [9.17, 15) is 4.79 Å². The summed E-state index contributed by atoms with van der Waals surface area (Å²) in [5, 5.41) is 0. The second kappa shape index (κ2) is 7.68. The minimum atomic E-state index is -0.250. The molecule has 94 valence electrons. The highest BCUT2D eigenvalue weighted by Crippen LogP contribution is 2.11. The summed E-state index contributed by atoms with van der Waals surface area (Å²) >= 11 is 0. The van der Waals surface area contributed by atoms with Gasteiger partial charge in [0.2, 0.25) is 0 Å². The summed E-state index contributed by atoms with van der Waals surface area (Å²) in [6, 6.07) is 7.73. The average Bonchev–Trinajstić information content (AvgIpc) is 2.34. The van der Waals surface area contributed by atoms with E-state index in [4.69, 9.17) is 14.2 Å². The fourth-order valence-electron chi connectivity index (χ4n) is 1.29. The van der Waals surface area contributed by atoms with E-state index in [1.54, 1.807) is 7.11 Å². The van der Waals surface area contributed by atoms with E-state index < -0.39 is 0 Å². The molecule has 0 N–H and O–H groups in total. The van der Waals surface area contributed by atoms with Gasteiger partial charge in [0.05, 0.1) is 26.9 Å². The molecule has 0 unspecified atom stereocenters.